The van der Waals surface area contributed by atoms with Crippen molar-refractivity contribution >= 4 is 23.1 Å². The highest BCUT2D eigenvalue weighted by atomic mass is 35.5. The molecular weight excluding hydrogens is 485 g/mol. The highest BCUT2D eigenvalue weighted by molar-refractivity contribution is 6.30. The van der Waals surface area contributed by atoms with E-state index in [1.165, 1.54) is 11.6 Å². The molecule has 3 atom stereocenters. The number of piperidine rings is 1. The number of rotatable bonds is 7. The number of anilines is 1. The van der Waals surface area contributed by atoms with Gasteiger partial charge in [0, 0.05) is 46.5 Å². The number of benzene rings is 2. The number of allylic oxidation sites excluding steroid dienone is 1. The average molecular weight is 522 g/mol. The van der Waals surface area contributed by atoms with E-state index in [-0.39, 0.29) is 23.2 Å². The van der Waals surface area contributed by atoms with Crippen molar-refractivity contribution in [2.45, 2.75) is 50.5 Å². The largest absolute Gasteiger partial charge is 0.365 e. The van der Waals surface area contributed by atoms with E-state index in [1.54, 1.807) is 12.3 Å². The molecular formula is C30H37ClFN5. The zero-order valence-corrected chi connectivity index (χ0v) is 22.3. The lowest BCUT2D eigenvalue weighted by atomic mass is 9.75. The van der Waals surface area contributed by atoms with E-state index in [0.29, 0.717) is 18.9 Å². The summed E-state index contributed by atoms with van der Waals surface area (Å²) < 4.78 is 14.7. The van der Waals surface area contributed by atoms with Crippen LogP contribution < -0.4 is 16.0 Å². The molecule has 196 valence electrons. The Morgan fingerprint density at radius 1 is 1.30 bits per heavy atom. The Balaban J connectivity index is 1.50. The molecule has 0 amide bonds. The van der Waals surface area contributed by atoms with Crippen LogP contribution in [-0.4, -0.2) is 36.9 Å². The summed E-state index contributed by atoms with van der Waals surface area (Å²) >= 11 is 6.18. The molecule has 0 unspecified atom stereocenters. The standard InChI is InChI=1S/C30H37ClFN5/c1-3-35-25-11-5-20(2)28(25)29(34)37-19-30(24-17-23(32)10-12-27(24)37)14-4-16-36(18-30)26(13-15-33)21-6-8-22(31)9-7-21/h3,6-10,12,17,20,26,34-35H,1,4-5,11,13-16,18-19,33H2,2H3/t20-,26+,30-/m1/s1. The Labute approximate surface area is 224 Å². The van der Waals surface area contributed by atoms with Gasteiger partial charge in [0.05, 0.1) is 0 Å². The lowest BCUT2D eigenvalue weighted by Gasteiger charge is -2.44. The Morgan fingerprint density at radius 3 is 2.81 bits per heavy atom. The first kappa shape index (κ1) is 26.0. The SMILES string of the molecule is C=CNC1=C(C(=N)N2C[C@]3(CCCN([C@@H](CCN)c4ccc(Cl)cc4)C3)c3cc(F)ccc32)[C@H](C)CC1. The molecule has 1 aliphatic carbocycles. The van der Waals surface area contributed by atoms with Gasteiger partial charge in [-0.25, -0.2) is 4.39 Å². The van der Waals surface area contributed by atoms with E-state index in [1.807, 2.05) is 18.2 Å². The number of nitrogens with zero attached hydrogens (tertiary/aromatic N) is 2. The maximum atomic E-state index is 14.7. The summed E-state index contributed by atoms with van der Waals surface area (Å²) in [4.78, 5) is 4.64. The van der Waals surface area contributed by atoms with Crippen molar-refractivity contribution in [1.82, 2.24) is 10.2 Å². The second kappa shape index (κ2) is 10.6. The summed E-state index contributed by atoms with van der Waals surface area (Å²) in [5.74, 6) is 0.590. The van der Waals surface area contributed by atoms with Gasteiger partial charge in [-0.05, 0) is 98.8 Å². The summed E-state index contributed by atoms with van der Waals surface area (Å²) in [6.45, 7) is 9.04. The summed E-state index contributed by atoms with van der Waals surface area (Å²) in [7, 11) is 0. The number of likely N-dealkylation sites (tertiary alicyclic amines) is 1. The Bertz CT molecular complexity index is 1210. The van der Waals surface area contributed by atoms with Gasteiger partial charge in [0.1, 0.15) is 11.7 Å². The van der Waals surface area contributed by atoms with E-state index in [0.717, 1.165) is 72.7 Å². The van der Waals surface area contributed by atoms with Crippen LogP contribution in [0.4, 0.5) is 10.1 Å². The van der Waals surface area contributed by atoms with Crippen LogP contribution in [0.2, 0.25) is 5.02 Å². The summed E-state index contributed by atoms with van der Waals surface area (Å²) in [5.41, 5.74) is 11.1. The normalized spacial score (nSPS) is 24.4. The molecule has 0 radical (unpaired) electrons. The molecule has 0 saturated carbocycles. The summed E-state index contributed by atoms with van der Waals surface area (Å²) in [6.07, 6.45) is 6.44. The predicted octanol–water partition coefficient (Wildman–Crippen LogP) is 6.12. The van der Waals surface area contributed by atoms with Gasteiger partial charge in [-0.2, -0.15) is 0 Å². The predicted molar refractivity (Wildman–Crippen MR) is 151 cm³/mol. The van der Waals surface area contributed by atoms with Crippen LogP contribution >= 0.6 is 11.6 Å². The number of hydrogen-bond donors (Lipinski definition) is 3. The van der Waals surface area contributed by atoms with Gasteiger partial charge in [-0.3, -0.25) is 10.3 Å². The molecule has 2 aromatic rings. The molecule has 5 rings (SSSR count). The van der Waals surface area contributed by atoms with Crippen LogP contribution in [0.5, 0.6) is 0 Å². The van der Waals surface area contributed by atoms with Gasteiger partial charge in [0.15, 0.2) is 0 Å². The number of nitrogens with two attached hydrogens (primary N) is 1. The number of fused-ring (bicyclic) bond motifs is 2. The van der Waals surface area contributed by atoms with Gasteiger partial charge in [-0.1, -0.05) is 37.2 Å². The zero-order chi connectivity index (χ0) is 26.2. The van der Waals surface area contributed by atoms with Crippen LogP contribution in [0, 0.1) is 17.1 Å². The van der Waals surface area contributed by atoms with Crippen LogP contribution in [0.25, 0.3) is 0 Å². The van der Waals surface area contributed by atoms with Crippen molar-refractivity contribution in [2.75, 3.05) is 31.1 Å². The molecule has 2 aromatic carbocycles. The molecule has 4 N–H and O–H groups in total. The Hall–Kier alpha value is -2.67. The molecule has 1 spiro atoms. The van der Waals surface area contributed by atoms with Crippen molar-refractivity contribution in [3.05, 3.63) is 88.5 Å². The molecule has 7 heteroatoms. The lowest BCUT2D eigenvalue weighted by Crippen LogP contribution is -2.50. The van der Waals surface area contributed by atoms with Gasteiger partial charge in [0.25, 0.3) is 0 Å². The zero-order valence-electron chi connectivity index (χ0n) is 21.6. The molecule has 0 aromatic heterocycles. The number of amidine groups is 1. The van der Waals surface area contributed by atoms with Crippen molar-refractivity contribution in [1.29, 1.82) is 5.41 Å². The van der Waals surface area contributed by atoms with E-state index in [4.69, 9.17) is 17.3 Å². The third-order valence-electron chi connectivity index (χ3n) is 8.47. The highest BCUT2D eigenvalue weighted by Crippen LogP contribution is 2.49. The topological polar surface area (TPSA) is 68.4 Å². The molecule has 1 fully saturated rings. The first-order valence-corrected chi connectivity index (χ1v) is 13.7. The average Bonchev–Trinajstić information content (AvgIpc) is 3.40. The monoisotopic (exact) mass is 521 g/mol. The maximum Gasteiger partial charge on any atom is 0.130 e. The fraction of sp³-hybridized carbons (Fsp3) is 0.433. The minimum absolute atomic E-state index is 0.172. The Morgan fingerprint density at radius 2 is 2.08 bits per heavy atom. The molecule has 2 heterocycles. The van der Waals surface area contributed by atoms with Crippen LogP contribution in [0.1, 0.15) is 56.2 Å². The minimum atomic E-state index is -0.254. The van der Waals surface area contributed by atoms with E-state index in [9.17, 15) is 9.80 Å². The molecule has 0 bridgehead atoms. The van der Waals surface area contributed by atoms with E-state index < -0.39 is 0 Å². The first-order chi connectivity index (χ1) is 17.9. The maximum absolute atomic E-state index is 14.7. The van der Waals surface area contributed by atoms with Crippen LogP contribution in [0.3, 0.4) is 0 Å². The number of hydrogen-bond acceptors (Lipinski definition) is 4. The summed E-state index contributed by atoms with van der Waals surface area (Å²) in [6, 6.07) is 13.3. The molecule has 5 nitrogen and oxygen atoms in total. The molecule has 1 saturated heterocycles. The highest BCUT2D eigenvalue weighted by Gasteiger charge is 2.48. The number of nitrogens with one attached hydrogen (secondary N) is 2. The van der Waals surface area contributed by atoms with Crippen LogP contribution in [0.15, 0.2) is 66.5 Å². The fourth-order valence-corrected chi connectivity index (χ4v) is 6.88. The second-order valence-corrected chi connectivity index (χ2v) is 11.2. The molecule has 2 aliphatic heterocycles. The number of halogens is 2. The molecule has 3 aliphatic rings. The van der Waals surface area contributed by atoms with Crippen molar-refractivity contribution in [3.63, 3.8) is 0 Å². The second-order valence-electron chi connectivity index (χ2n) is 10.8. The van der Waals surface area contributed by atoms with Crippen molar-refractivity contribution in [2.24, 2.45) is 11.7 Å². The van der Waals surface area contributed by atoms with Gasteiger partial charge in [-0.15, -0.1) is 0 Å². The summed E-state index contributed by atoms with van der Waals surface area (Å²) in [5, 5.41) is 13.3. The molecule has 37 heavy (non-hydrogen) atoms. The quantitative estimate of drug-likeness (QED) is 0.303. The first-order valence-electron chi connectivity index (χ1n) is 13.3. The minimum Gasteiger partial charge on any atom is -0.365 e. The van der Waals surface area contributed by atoms with Crippen molar-refractivity contribution < 1.29 is 4.39 Å². The van der Waals surface area contributed by atoms with Crippen LogP contribution in [-0.2, 0) is 5.41 Å². The van der Waals surface area contributed by atoms with Gasteiger partial charge >= 0.3 is 0 Å². The smallest absolute Gasteiger partial charge is 0.130 e. The van der Waals surface area contributed by atoms with E-state index in [2.05, 4.69) is 40.8 Å². The van der Waals surface area contributed by atoms with E-state index >= 15 is 0 Å². The third kappa shape index (κ3) is 4.83. The van der Waals surface area contributed by atoms with Crippen molar-refractivity contribution in [3.8, 4) is 0 Å². The Kier molecular flexibility index (Phi) is 7.44. The van der Waals surface area contributed by atoms with Gasteiger partial charge in [0.2, 0.25) is 0 Å². The van der Waals surface area contributed by atoms with Gasteiger partial charge < -0.3 is 16.0 Å². The lowest BCUT2D eigenvalue weighted by molar-refractivity contribution is 0.104. The third-order valence-corrected chi connectivity index (χ3v) is 8.72. The fourth-order valence-electron chi connectivity index (χ4n) is 6.76.